The van der Waals surface area contributed by atoms with Crippen molar-refractivity contribution in [2.45, 2.75) is 65.7 Å². The number of hydrogen-bond acceptors (Lipinski definition) is 1. The summed E-state index contributed by atoms with van der Waals surface area (Å²) in [6.07, 6.45) is 8.69. The molecule has 13 heavy (non-hydrogen) atoms. The van der Waals surface area contributed by atoms with Gasteiger partial charge in [0.15, 0.2) is 0 Å². The first-order valence-corrected chi connectivity index (χ1v) is 5.85. The normalized spacial score (nSPS) is 12.0. The fourth-order valence-electron chi connectivity index (χ4n) is 2.09. The number of hydrogen-bond donors (Lipinski definition) is 1. The van der Waals surface area contributed by atoms with Crippen LogP contribution in [0, 0.1) is 5.41 Å². The summed E-state index contributed by atoms with van der Waals surface area (Å²) in [7, 11) is 0. The Bertz CT molecular complexity index is 95.7. The molecule has 0 aliphatic carbocycles. The molecule has 1 N–H and O–H groups in total. The van der Waals surface area contributed by atoms with Crippen molar-refractivity contribution < 1.29 is 5.11 Å². The minimum absolute atomic E-state index is 0.355. The van der Waals surface area contributed by atoms with Gasteiger partial charge < -0.3 is 5.11 Å². The molecule has 0 aromatic heterocycles. The zero-order valence-corrected chi connectivity index (χ0v) is 9.60. The molecular formula is C12H26O. The Kier molecular flexibility index (Phi) is 7.35. The van der Waals surface area contributed by atoms with Crippen LogP contribution in [0.4, 0.5) is 0 Å². The standard InChI is InChI=1S/C12H26O/c1-4-7-9-12(5-2,6-3)10-8-11-13/h13H,4-11H2,1-3H3. The molecule has 0 radical (unpaired) electrons. The molecule has 0 amide bonds. The molecular weight excluding hydrogens is 160 g/mol. The Morgan fingerprint density at radius 3 is 1.85 bits per heavy atom. The van der Waals surface area contributed by atoms with Crippen LogP contribution in [0.1, 0.15) is 65.7 Å². The minimum Gasteiger partial charge on any atom is -0.396 e. The molecule has 0 aliphatic heterocycles. The maximum atomic E-state index is 8.85. The molecule has 1 nitrogen and oxygen atoms in total. The van der Waals surface area contributed by atoms with Gasteiger partial charge in [-0.3, -0.25) is 0 Å². The van der Waals surface area contributed by atoms with Gasteiger partial charge in [0.2, 0.25) is 0 Å². The van der Waals surface area contributed by atoms with E-state index in [4.69, 9.17) is 5.11 Å². The first-order chi connectivity index (χ1) is 6.24. The van der Waals surface area contributed by atoms with E-state index < -0.39 is 0 Å². The summed E-state index contributed by atoms with van der Waals surface area (Å²) in [5.74, 6) is 0. The smallest absolute Gasteiger partial charge is 0.0431 e. The molecule has 0 fully saturated rings. The number of aliphatic hydroxyl groups is 1. The summed E-state index contributed by atoms with van der Waals surface area (Å²) in [6, 6.07) is 0. The van der Waals surface area contributed by atoms with E-state index in [1.165, 1.54) is 38.5 Å². The second-order valence-corrected chi connectivity index (χ2v) is 4.14. The van der Waals surface area contributed by atoms with Crippen LogP contribution in [0.2, 0.25) is 0 Å². The van der Waals surface area contributed by atoms with Crippen LogP contribution in [0.3, 0.4) is 0 Å². The number of rotatable bonds is 8. The fourth-order valence-corrected chi connectivity index (χ4v) is 2.09. The molecule has 0 saturated heterocycles. The first kappa shape index (κ1) is 13.0. The van der Waals surface area contributed by atoms with Crippen LogP contribution in [-0.2, 0) is 0 Å². The van der Waals surface area contributed by atoms with E-state index in [1.807, 2.05) is 0 Å². The third-order valence-corrected chi connectivity index (χ3v) is 3.43. The van der Waals surface area contributed by atoms with E-state index in [0.29, 0.717) is 12.0 Å². The maximum Gasteiger partial charge on any atom is 0.0431 e. The second-order valence-electron chi connectivity index (χ2n) is 4.14. The van der Waals surface area contributed by atoms with E-state index in [1.54, 1.807) is 0 Å². The molecule has 0 heterocycles. The predicted molar refractivity (Wildman–Crippen MR) is 58.9 cm³/mol. The van der Waals surface area contributed by atoms with Crippen molar-refractivity contribution in [2.24, 2.45) is 5.41 Å². The Morgan fingerprint density at radius 2 is 1.46 bits per heavy atom. The van der Waals surface area contributed by atoms with Crippen molar-refractivity contribution in [1.82, 2.24) is 0 Å². The molecule has 0 aromatic rings. The van der Waals surface area contributed by atoms with Crippen molar-refractivity contribution in [3.05, 3.63) is 0 Å². The Hall–Kier alpha value is -0.0400. The molecule has 0 atom stereocenters. The van der Waals surface area contributed by atoms with Crippen LogP contribution in [-0.4, -0.2) is 11.7 Å². The molecule has 0 rings (SSSR count). The molecule has 0 bridgehead atoms. The van der Waals surface area contributed by atoms with Gasteiger partial charge in [-0.15, -0.1) is 0 Å². The van der Waals surface area contributed by atoms with E-state index in [2.05, 4.69) is 20.8 Å². The van der Waals surface area contributed by atoms with Gasteiger partial charge >= 0.3 is 0 Å². The molecule has 0 saturated carbocycles. The molecule has 1 heteroatoms. The molecule has 0 spiro atoms. The summed E-state index contributed by atoms with van der Waals surface area (Å²) in [5, 5.41) is 8.85. The van der Waals surface area contributed by atoms with Crippen LogP contribution < -0.4 is 0 Å². The Balaban J connectivity index is 3.97. The van der Waals surface area contributed by atoms with Gasteiger partial charge in [0.25, 0.3) is 0 Å². The third kappa shape index (κ3) is 4.66. The topological polar surface area (TPSA) is 20.2 Å². The summed E-state index contributed by atoms with van der Waals surface area (Å²) in [5.41, 5.74) is 0.527. The van der Waals surface area contributed by atoms with Crippen molar-refractivity contribution in [3.8, 4) is 0 Å². The summed E-state index contributed by atoms with van der Waals surface area (Å²) in [4.78, 5) is 0. The monoisotopic (exact) mass is 186 g/mol. The lowest BCUT2D eigenvalue weighted by Crippen LogP contribution is -2.19. The molecule has 80 valence electrons. The van der Waals surface area contributed by atoms with Crippen molar-refractivity contribution in [3.63, 3.8) is 0 Å². The highest BCUT2D eigenvalue weighted by atomic mass is 16.2. The zero-order chi connectivity index (χ0) is 10.2. The number of unbranched alkanes of at least 4 members (excludes halogenated alkanes) is 1. The van der Waals surface area contributed by atoms with Gasteiger partial charge in [-0.25, -0.2) is 0 Å². The van der Waals surface area contributed by atoms with E-state index in [0.717, 1.165) is 6.42 Å². The lowest BCUT2D eigenvalue weighted by atomic mass is 9.74. The Labute approximate surface area is 83.5 Å². The van der Waals surface area contributed by atoms with Gasteiger partial charge in [0.1, 0.15) is 0 Å². The molecule has 0 unspecified atom stereocenters. The quantitative estimate of drug-likeness (QED) is 0.612. The number of aliphatic hydroxyl groups excluding tert-OH is 1. The SMILES string of the molecule is CCCCC(CC)(CC)CCCO. The van der Waals surface area contributed by atoms with Crippen molar-refractivity contribution >= 4 is 0 Å². The molecule has 0 aliphatic rings. The van der Waals surface area contributed by atoms with Gasteiger partial charge in [-0.05, 0) is 24.7 Å². The first-order valence-electron chi connectivity index (χ1n) is 5.85. The zero-order valence-electron chi connectivity index (χ0n) is 9.60. The average molecular weight is 186 g/mol. The van der Waals surface area contributed by atoms with Gasteiger partial charge in [-0.2, -0.15) is 0 Å². The van der Waals surface area contributed by atoms with E-state index >= 15 is 0 Å². The van der Waals surface area contributed by atoms with Crippen LogP contribution in [0.25, 0.3) is 0 Å². The average Bonchev–Trinajstić information content (AvgIpc) is 2.20. The van der Waals surface area contributed by atoms with Gasteiger partial charge in [-0.1, -0.05) is 46.5 Å². The fraction of sp³-hybridized carbons (Fsp3) is 1.00. The van der Waals surface area contributed by atoms with Crippen LogP contribution in [0.5, 0.6) is 0 Å². The highest BCUT2D eigenvalue weighted by Gasteiger charge is 2.24. The minimum atomic E-state index is 0.355. The highest BCUT2D eigenvalue weighted by molar-refractivity contribution is 4.76. The van der Waals surface area contributed by atoms with Crippen molar-refractivity contribution in [2.75, 3.05) is 6.61 Å². The Morgan fingerprint density at radius 1 is 0.923 bits per heavy atom. The van der Waals surface area contributed by atoms with Gasteiger partial charge in [0, 0.05) is 6.61 Å². The van der Waals surface area contributed by atoms with Crippen LogP contribution in [0.15, 0.2) is 0 Å². The van der Waals surface area contributed by atoms with E-state index in [-0.39, 0.29) is 0 Å². The van der Waals surface area contributed by atoms with Crippen molar-refractivity contribution in [1.29, 1.82) is 0 Å². The third-order valence-electron chi connectivity index (χ3n) is 3.43. The van der Waals surface area contributed by atoms with Crippen LogP contribution >= 0.6 is 0 Å². The highest BCUT2D eigenvalue weighted by Crippen LogP contribution is 2.37. The van der Waals surface area contributed by atoms with E-state index in [9.17, 15) is 0 Å². The maximum absolute atomic E-state index is 8.85. The lowest BCUT2D eigenvalue weighted by Gasteiger charge is -2.31. The summed E-state index contributed by atoms with van der Waals surface area (Å²) >= 11 is 0. The summed E-state index contributed by atoms with van der Waals surface area (Å²) < 4.78 is 0. The largest absolute Gasteiger partial charge is 0.396 e. The molecule has 0 aromatic carbocycles. The predicted octanol–water partition coefficient (Wildman–Crippen LogP) is 3.76. The summed E-state index contributed by atoms with van der Waals surface area (Å²) in [6.45, 7) is 7.18. The lowest BCUT2D eigenvalue weighted by molar-refractivity contribution is 0.180. The second kappa shape index (κ2) is 7.37. The van der Waals surface area contributed by atoms with Gasteiger partial charge in [0.05, 0.1) is 0 Å².